The van der Waals surface area contributed by atoms with Gasteiger partial charge in [-0.1, -0.05) is 12.0 Å². The number of aliphatic hydroxyl groups excluding tert-OH is 1. The molecule has 0 spiro atoms. The highest BCUT2D eigenvalue weighted by Crippen LogP contribution is 2.11. The van der Waals surface area contributed by atoms with E-state index in [1.54, 1.807) is 0 Å². The first-order valence-electron chi connectivity index (χ1n) is 3.71. The summed E-state index contributed by atoms with van der Waals surface area (Å²) in [5.41, 5.74) is 0.215. The molecule has 3 heteroatoms. The van der Waals surface area contributed by atoms with Crippen LogP contribution >= 0.6 is 0 Å². The van der Waals surface area contributed by atoms with Gasteiger partial charge in [0.15, 0.2) is 0 Å². The lowest BCUT2D eigenvalue weighted by Gasteiger charge is -2.04. The van der Waals surface area contributed by atoms with E-state index in [1.165, 1.54) is 6.07 Å². The Labute approximate surface area is 75.0 Å². The fourth-order valence-corrected chi connectivity index (χ4v) is 0.954. The van der Waals surface area contributed by atoms with E-state index in [-0.39, 0.29) is 12.0 Å². The molecular formula is C10H8F2O. The van der Waals surface area contributed by atoms with Crippen LogP contribution in [-0.4, -0.2) is 11.2 Å². The second-order valence-electron chi connectivity index (χ2n) is 2.62. The molecule has 1 N–H and O–H groups in total. The van der Waals surface area contributed by atoms with E-state index in [0.717, 1.165) is 12.1 Å². The highest BCUT2D eigenvalue weighted by Gasteiger charge is 2.07. The van der Waals surface area contributed by atoms with Crippen molar-refractivity contribution >= 4 is 0 Å². The van der Waals surface area contributed by atoms with Gasteiger partial charge < -0.3 is 5.11 Å². The molecule has 1 nitrogen and oxygen atoms in total. The van der Waals surface area contributed by atoms with Gasteiger partial charge >= 0.3 is 0 Å². The van der Waals surface area contributed by atoms with Gasteiger partial charge in [0, 0.05) is 12.5 Å². The number of hydrogen-bond donors (Lipinski definition) is 1. The second-order valence-corrected chi connectivity index (χ2v) is 2.62. The highest BCUT2D eigenvalue weighted by atomic mass is 19.1. The summed E-state index contributed by atoms with van der Waals surface area (Å²) in [6.45, 7) is 0. The molecule has 0 fully saturated rings. The third-order valence-electron chi connectivity index (χ3n) is 1.62. The van der Waals surface area contributed by atoms with Crippen molar-refractivity contribution < 1.29 is 13.9 Å². The molecule has 1 atom stereocenters. The van der Waals surface area contributed by atoms with E-state index in [1.807, 2.05) is 0 Å². The van der Waals surface area contributed by atoms with Gasteiger partial charge in [0.1, 0.15) is 17.7 Å². The Hall–Kier alpha value is -1.40. The summed E-state index contributed by atoms with van der Waals surface area (Å²) in [6.07, 6.45) is 3.88. The third kappa shape index (κ3) is 2.53. The zero-order chi connectivity index (χ0) is 9.84. The van der Waals surface area contributed by atoms with Crippen molar-refractivity contribution in [1.29, 1.82) is 0 Å². The van der Waals surface area contributed by atoms with Crippen LogP contribution in [-0.2, 0) is 6.42 Å². The normalized spacial score (nSPS) is 12.2. The Morgan fingerprint density at radius 1 is 1.46 bits per heavy atom. The number of halogens is 2. The summed E-state index contributed by atoms with van der Waals surface area (Å²) in [4.78, 5) is 0. The zero-order valence-electron chi connectivity index (χ0n) is 6.80. The van der Waals surface area contributed by atoms with Gasteiger partial charge in [0.25, 0.3) is 0 Å². The molecule has 1 rings (SSSR count). The van der Waals surface area contributed by atoms with Crippen LogP contribution in [0.5, 0.6) is 0 Å². The molecule has 68 valence electrons. The maximum Gasteiger partial charge on any atom is 0.129 e. The van der Waals surface area contributed by atoms with Gasteiger partial charge in [-0.25, -0.2) is 8.78 Å². The van der Waals surface area contributed by atoms with Crippen molar-refractivity contribution in [1.82, 2.24) is 0 Å². The van der Waals surface area contributed by atoms with Crippen LogP contribution in [0.25, 0.3) is 0 Å². The molecular weight excluding hydrogens is 174 g/mol. The third-order valence-corrected chi connectivity index (χ3v) is 1.62. The summed E-state index contributed by atoms with van der Waals surface area (Å²) < 4.78 is 25.4. The molecule has 0 radical (unpaired) electrons. The lowest BCUT2D eigenvalue weighted by molar-refractivity contribution is 0.232. The summed E-state index contributed by atoms with van der Waals surface area (Å²) in [5, 5.41) is 9.01. The lowest BCUT2D eigenvalue weighted by Crippen LogP contribution is -2.08. The van der Waals surface area contributed by atoms with Gasteiger partial charge in [-0.2, -0.15) is 0 Å². The first kappa shape index (κ1) is 9.69. The van der Waals surface area contributed by atoms with Gasteiger partial charge in [-0.3, -0.25) is 0 Å². The van der Waals surface area contributed by atoms with Crippen LogP contribution in [0.4, 0.5) is 8.78 Å². The summed E-state index contributed by atoms with van der Waals surface area (Å²) >= 11 is 0. The average molecular weight is 182 g/mol. The highest BCUT2D eigenvalue weighted by molar-refractivity contribution is 5.20. The number of terminal acetylenes is 1. The number of aliphatic hydroxyl groups is 1. The van der Waals surface area contributed by atoms with E-state index in [0.29, 0.717) is 0 Å². The van der Waals surface area contributed by atoms with Gasteiger partial charge in [-0.05, 0) is 11.6 Å². The number of hydrogen-bond acceptors (Lipinski definition) is 1. The van der Waals surface area contributed by atoms with Gasteiger partial charge in [0.05, 0.1) is 0 Å². The van der Waals surface area contributed by atoms with E-state index in [9.17, 15) is 8.78 Å². The SMILES string of the molecule is C#CC(O)Cc1ccc(F)cc1F. The Morgan fingerprint density at radius 2 is 2.15 bits per heavy atom. The molecule has 0 saturated carbocycles. The quantitative estimate of drug-likeness (QED) is 0.687. The molecule has 0 aromatic heterocycles. The van der Waals surface area contributed by atoms with Crippen molar-refractivity contribution in [2.45, 2.75) is 12.5 Å². The number of benzene rings is 1. The van der Waals surface area contributed by atoms with Crippen molar-refractivity contribution in [3.63, 3.8) is 0 Å². The predicted octanol–water partition coefficient (Wildman–Crippen LogP) is 1.50. The standard InChI is InChI=1S/C10H8F2O/c1-2-9(13)5-7-3-4-8(11)6-10(7)12/h1,3-4,6,9,13H,5H2. The van der Waals surface area contributed by atoms with Gasteiger partial charge in [-0.15, -0.1) is 6.42 Å². The van der Waals surface area contributed by atoms with Crippen molar-refractivity contribution in [2.24, 2.45) is 0 Å². The van der Waals surface area contributed by atoms with Crippen molar-refractivity contribution in [3.05, 3.63) is 35.4 Å². The average Bonchev–Trinajstić information content (AvgIpc) is 2.09. The molecule has 0 heterocycles. The molecule has 1 aromatic carbocycles. The fraction of sp³-hybridized carbons (Fsp3) is 0.200. The Kier molecular flexibility index (Phi) is 2.99. The summed E-state index contributed by atoms with van der Waals surface area (Å²) in [6, 6.07) is 3.16. The Balaban J connectivity index is 2.85. The number of rotatable bonds is 2. The van der Waals surface area contributed by atoms with Crippen molar-refractivity contribution in [3.8, 4) is 12.3 Å². The van der Waals surface area contributed by atoms with Crippen molar-refractivity contribution in [2.75, 3.05) is 0 Å². The lowest BCUT2D eigenvalue weighted by atomic mass is 10.1. The largest absolute Gasteiger partial charge is 0.380 e. The van der Waals surface area contributed by atoms with Crippen LogP contribution in [0.3, 0.4) is 0 Å². The van der Waals surface area contributed by atoms with Crippen LogP contribution in [0.15, 0.2) is 18.2 Å². The van der Waals surface area contributed by atoms with E-state index in [4.69, 9.17) is 11.5 Å². The van der Waals surface area contributed by atoms with Crippen LogP contribution < -0.4 is 0 Å². The fourth-order valence-electron chi connectivity index (χ4n) is 0.954. The van der Waals surface area contributed by atoms with Crippen LogP contribution in [0.2, 0.25) is 0 Å². The molecule has 0 bridgehead atoms. The van der Waals surface area contributed by atoms with E-state index >= 15 is 0 Å². The maximum atomic E-state index is 12.9. The maximum absolute atomic E-state index is 12.9. The van der Waals surface area contributed by atoms with E-state index < -0.39 is 17.7 Å². The molecule has 0 aliphatic carbocycles. The van der Waals surface area contributed by atoms with E-state index in [2.05, 4.69) is 5.92 Å². The minimum absolute atomic E-state index is 0.00259. The Morgan fingerprint density at radius 3 is 2.69 bits per heavy atom. The second kappa shape index (κ2) is 4.01. The smallest absolute Gasteiger partial charge is 0.129 e. The molecule has 13 heavy (non-hydrogen) atoms. The molecule has 0 amide bonds. The molecule has 1 unspecified atom stereocenters. The minimum atomic E-state index is -1.03. The monoisotopic (exact) mass is 182 g/mol. The van der Waals surface area contributed by atoms with Gasteiger partial charge in [0.2, 0.25) is 0 Å². The molecule has 0 aliphatic rings. The predicted molar refractivity (Wildman–Crippen MR) is 44.9 cm³/mol. The Bertz CT molecular complexity index is 341. The molecule has 1 aromatic rings. The zero-order valence-corrected chi connectivity index (χ0v) is 6.80. The molecule has 0 aliphatic heterocycles. The van der Waals surface area contributed by atoms with Crippen LogP contribution in [0.1, 0.15) is 5.56 Å². The topological polar surface area (TPSA) is 20.2 Å². The molecule has 0 saturated heterocycles. The van der Waals surface area contributed by atoms with Crippen LogP contribution in [0, 0.1) is 24.0 Å². The first-order valence-corrected chi connectivity index (χ1v) is 3.71. The first-order chi connectivity index (χ1) is 6.13. The summed E-state index contributed by atoms with van der Waals surface area (Å²) in [5.74, 6) is 0.722. The summed E-state index contributed by atoms with van der Waals surface area (Å²) in [7, 11) is 0. The minimum Gasteiger partial charge on any atom is -0.380 e.